The first-order chi connectivity index (χ1) is 13.5. The number of amides is 1. The Hall–Kier alpha value is -3.80. The summed E-state index contributed by atoms with van der Waals surface area (Å²) in [7, 11) is 0. The van der Waals surface area contributed by atoms with Crippen LogP contribution in [0.25, 0.3) is 0 Å². The molecule has 0 aromatic heterocycles. The van der Waals surface area contributed by atoms with E-state index >= 15 is 0 Å². The van der Waals surface area contributed by atoms with Crippen LogP contribution in [0.1, 0.15) is 17.3 Å². The number of carbonyl (C=O) groups excluding carboxylic acids is 2. The van der Waals surface area contributed by atoms with Crippen molar-refractivity contribution in [2.45, 2.75) is 13.0 Å². The zero-order valence-corrected chi connectivity index (χ0v) is 15.2. The maximum absolute atomic E-state index is 12.3. The molecule has 0 aliphatic rings. The average Bonchev–Trinajstić information content (AvgIpc) is 2.70. The smallest absolute Gasteiger partial charge is 0.342 e. The molecular weight excluding hydrogens is 358 g/mol. The highest BCUT2D eigenvalue weighted by Gasteiger charge is 2.20. The zero-order valence-electron chi connectivity index (χ0n) is 15.2. The van der Waals surface area contributed by atoms with Gasteiger partial charge in [-0.15, -0.1) is 0 Å². The molecule has 0 saturated carbocycles. The Balaban J connectivity index is 1.56. The number of phenolic OH excluding ortho intramolecular Hbond substituents is 1. The molecule has 0 fully saturated rings. The van der Waals surface area contributed by atoms with E-state index in [4.69, 9.17) is 9.47 Å². The number of hydrogen-bond donors (Lipinski definition) is 2. The molecule has 3 rings (SSSR count). The van der Waals surface area contributed by atoms with E-state index in [1.807, 2.05) is 30.3 Å². The highest BCUT2D eigenvalue weighted by Crippen LogP contribution is 2.23. The average molecular weight is 377 g/mol. The van der Waals surface area contributed by atoms with Crippen molar-refractivity contribution in [1.29, 1.82) is 0 Å². The van der Waals surface area contributed by atoms with Gasteiger partial charge in [-0.2, -0.15) is 0 Å². The van der Waals surface area contributed by atoms with Crippen molar-refractivity contribution in [3.63, 3.8) is 0 Å². The van der Waals surface area contributed by atoms with Crippen LogP contribution in [0.4, 0.5) is 5.69 Å². The number of nitrogens with one attached hydrogen (secondary N) is 1. The lowest BCUT2D eigenvalue weighted by molar-refractivity contribution is -0.123. The fraction of sp³-hybridized carbons (Fsp3) is 0.0909. The Bertz CT molecular complexity index is 954. The Morgan fingerprint density at radius 1 is 0.857 bits per heavy atom. The predicted molar refractivity (Wildman–Crippen MR) is 105 cm³/mol. The van der Waals surface area contributed by atoms with Crippen molar-refractivity contribution in [3.8, 4) is 17.2 Å². The molecule has 2 N–H and O–H groups in total. The van der Waals surface area contributed by atoms with Crippen LogP contribution in [0.2, 0.25) is 0 Å². The number of rotatable bonds is 6. The lowest BCUT2D eigenvalue weighted by Crippen LogP contribution is -2.30. The predicted octanol–water partition coefficient (Wildman–Crippen LogP) is 4.37. The van der Waals surface area contributed by atoms with Gasteiger partial charge in [-0.1, -0.05) is 30.3 Å². The summed E-state index contributed by atoms with van der Waals surface area (Å²) in [4.78, 5) is 24.3. The van der Waals surface area contributed by atoms with Crippen LogP contribution in [0.3, 0.4) is 0 Å². The molecule has 0 spiro atoms. The number of para-hydroxylation sites is 2. The highest BCUT2D eigenvalue weighted by atomic mass is 16.5. The number of phenols is 1. The van der Waals surface area contributed by atoms with Crippen LogP contribution in [-0.2, 0) is 9.53 Å². The molecule has 1 amide bonds. The molecular formula is C22H19NO5. The van der Waals surface area contributed by atoms with Gasteiger partial charge in [-0.3, -0.25) is 4.79 Å². The van der Waals surface area contributed by atoms with E-state index in [-0.39, 0.29) is 11.3 Å². The SMILES string of the molecule is C[C@H](OC(=O)c1ccccc1O)C(=O)Nc1ccc(Oc2ccccc2)cc1. The lowest BCUT2D eigenvalue weighted by atomic mass is 10.2. The monoisotopic (exact) mass is 377 g/mol. The molecule has 3 aromatic rings. The van der Waals surface area contributed by atoms with E-state index in [0.717, 1.165) is 0 Å². The topological polar surface area (TPSA) is 84.9 Å². The van der Waals surface area contributed by atoms with Crippen molar-refractivity contribution in [1.82, 2.24) is 0 Å². The number of benzene rings is 3. The minimum atomic E-state index is -1.03. The first kappa shape index (κ1) is 19.0. The molecule has 0 bridgehead atoms. The summed E-state index contributed by atoms with van der Waals surface area (Å²) in [5.41, 5.74) is 0.542. The standard InChI is InChI=1S/C22H19NO5/c1-15(27-22(26)19-9-5-6-10-20(19)24)21(25)23-16-11-13-18(14-12-16)28-17-7-3-2-4-8-17/h2-15,24H,1H3,(H,23,25)/t15-/m0/s1. The van der Waals surface area contributed by atoms with Gasteiger partial charge >= 0.3 is 5.97 Å². The van der Waals surface area contributed by atoms with Crippen LogP contribution in [-0.4, -0.2) is 23.1 Å². The molecule has 1 atom stereocenters. The molecule has 0 unspecified atom stereocenters. The summed E-state index contributed by atoms with van der Waals surface area (Å²) in [6, 6.07) is 22.2. The van der Waals surface area contributed by atoms with Gasteiger partial charge in [0.1, 0.15) is 22.8 Å². The molecule has 3 aromatic carbocycles. The molecule has 0 saturated heterocycles. The van der Waals surface area contributed by atoms with Gasteiger partial charge < -0.3 is 19.9 Å². The Morgan fingerprint density at radius 3 is 2.14 bits per heavy atom. The number of hydrogen-bond acceptors (Lipinski definition) is 5. The quantitative estimate of drug-likeness (QED) is 0.623. The van der Waals surface area contributed by atoms with Gasteiger partial charge in [-0.25, -0.2) is 4.79 Å². The van der Waals surface area contributed by atoms with Gasteiger partial charge in [0.2, 0.25) is 0 Å². The molecule has 28 heavy (non-hydrogen) atoms. The first-order valence-corrected chi connectivity index (χ1v) is 8.66. The van der Waals surface area contributed by atoms with Gasteiger partial charge in [-0.05, 0) is 55.5 Å². The minimum Gasteiger partial charge on any atom is -0.507 e. The second-order valence-corrected chi connectivity index (χ2v) is 5.99. The molecule has 6 nitrogen and oxygen atoms in total. The number of aromatic hydroxyl groups is 1. The summed E-state index contributed by atoms with van der Waals surface area (Å²) >= 11 is 0. The fourth-order valence-corrected chi connectivity index (χ4v) is 2.40. The van der Waals surface area contributed by atoms with Crippen molar-refractivity contribution < 1.29 is 24.2 Å². The normalized spacial score (nSPS) is 11.3. The third-order valence-electron chi connectivity index (χ3n) is 3.88. The lowest BCUT2D eigenvalue weighted by Gasteiger charge is -2.14. The third kappa shape index (κ3) is 4.88. The fourth-order valence-electron chi connectivity index (χ4n) is 2.40. The van der Waals surface area contributed by atoms with Crippen LogP contribution in [0, 0.1) is 0 Å². The van der Waals surface area contributed by atoms with E-state index in [1.54, 1.807) is 36.4 Å². The molecule has 6 heteroatoms. The molecule has 0 heterocycles. The van der Waals surface area contributed by atoms with Crippen LogP contribution in [0.15, 0.2) is 78.9 Å². The van der Waals surface area contributed by atoms with E-state index in [2.05, 4.69) is 5.32 Å². The van der Waals surface area contributed by atoms with Crippen LogP contribution in [0.5, 0.6) is 17.2 Å². The summed E-state index contributed by atoms with van der Waals surface area (Å²) in [6.07, 6.45) is -1.03. The Morgan fingerprint density at radius 2 is 1.46 bits per heavy atom. The van der Waals surface area contributed by atoms with E-state index in [0.29, 0.717) is 17.2 Å². The van der Waals surface area contributed by atoms with Gasteiger partial charge in [0.15, 0.2) is 6.10 Å². The second kappa shape index (κ2) is 8.73. The highest BCUT2D eigenvalue weighted by molar-refractivity contribution is 5.98. The van der Waals surface area contributed by atoms with Crippen molar-refractivity contribution in [2.75, 3.05) is 5.32 Å². The van der Waals surface area contributed by atoms with Gasteiger partial charge in [0, 0.05) is 5.69 Å². The maximum Gasteiger partial charge on any atom is 0.342 e. The third-order valence-corrected chi connectivity index (χ3v) is 3.88. The van der Waals surface area contributed by atoms with E-state index in [1.165, 1.54) is 19.1 Å². The Labute approximate surface area is 162 Å². The van der Waals surface area contributed by atoms with Crippen LogP contribution < -0.4 is 10.1 Å². The van der Waals surface area contributed by atoms with E-state index in [9.17, 15) is 14.7 Å². The molecule has 0 aliphatic heterocycles. The van der Waals surface area contributed by atoms with Gasteiger partial charge in [0.25, 0.3) is 5.91 Å². The largest absolute Gasteiger partial charge is 0.507 e. The number of anilines is 1. The summed E-state index contributed by atoms with van der Waals surface area (Å²) in [6.45, 7) is 1.46. The molecule has 142 valence electrons. The maximum atomic E-state index is 12.3. The second-order valence-electron chi connectivity index (χ2n) is 5.99. The summed E-state index contributed by atoms with van der Waals surface area (Å²) in [5, 5.41) is 12.4. The molecule has 0 aliphatic carbocycles. The van der Waals surface area contributed by atoms with Crippen molar-refractivity contribution >= 4 is 17.6 Å². The van der Waals surface area contributed by atoms with Crippen molar-refractivity contribution in [2.24, 2.45) is 0 Å². The Kier molecular flexibility index (Phi) is 5.91. The number of carbonyl (C=O) groups is 2. The van der Waals surface area contributed by atoms with E-state index < -0.39 is 18.0 Å². The summed E-state index contributed by atoms with van der Waals surface area (Å²) in [5.74, 6) is -0.116. The van der Waals surface area contributed by atoms with Crippen LogP contribution >= 0.6 is 0 Å². The van der Waals surface area contributed by atoms with Crippen molar-refractivity contribution in [3.05, 3.63) is 84.4 Å². The van der Waals surface area contributed by atoms with Gasteiger partial charge in [0.05, 0.1) is 0 Å². The number of ether oxygens (including phenoxy) is 2. The zero-order chi connectivity index (χ0) is 19.9. The first-order valence-electron chi connectivity index (χ1n) is 8.66. The minimum absolute atomic E-state index is 0.00423. The number of esters is 1. The summed E-state index contributed by atoms with van der Waals surface area (Å²) < 4.78 is 10.8. The molecule has 0 radical (unpaired) electrons.